The summed E-state index contributed by atoms with van der Waals surface area (Å²) in [6.07, 6.45) is 4.42. The van der Waals surface area contributed by atoms with Crippen molar-refractivity contribution in [3.05, 3.63) is 64.7 Å². The number of nitrogens with one attached hydrogen (secondary N) is 1. The Balaban J connectivity index is 1.64. The van der Waals surface area contributed by atoms with Crippen LogP contribution in [0.5, 0.6) is 0 Å². The van der Waals surface area contributed by atoms with Crippen LogP contribution in [-0.2, 0) is 16.4 Å². The maximum Gasteiger partial charge on any atom is 0.252 e. The number of benzene rings is 2. The van der Waals surface area contributed by atoms with Gasteiger partial charge in [-0.3, -0.25) is 4.79 Å². The van der Waals surface area contributed by atoms with Gasteiger partial charge < -0.3 is 5.32 Å². The van der Waals surface area contributed by atoms with E-state index in [0.29, 0.717) is 19.6 Å². The number of hydrogen-bond donors (Lipinski definition) is 1. The molecule has 1 heterocycles. The molecule has 7 heteroatoms. The van der Waals surface area contributed by atoms with Gasteiger partial charge in [0.05, 0.1) is 15.5 Å². The van der Waals surface area contributed by atoms with Crippen molar-refractivity contribution in [3.63, 3.8) is 0 Å². The molecule has 28 heavy (non-hydrogen) atoms. The molecule has 1 saturated heterocycles. The monoisotopic (exact) mass is 420 g/mol. The number of hydrogen-bond acceptors (Lipinski definition) is 3. The average molecular weight is 421 g/mol. The molecule has 2 aromatic carbocycles. The summed E-state index contributed by atoms with van der Waals surface area (Å²) in [5.41, 5.74) is 1.41. The van der Waals surface area contributed by atoms with Gasteiger partial charge >= 0.3 is 0 Å². The lowest BCUT2D eigenvalue weighted by Crippen LogP contribution is -2.35. The van der Waals surface area contributed by atoms with E-state index in [4.69, 9.17) is 11.6 Å². The number of aryl methyl sites for hydroxylation is 1. The highest BCUT2D eigenvalue weighted by Crippen LogP contribution is 2.25. The quantitative estimate of drug-likeness (QED) is 0.691. The molecule has 0 aliphatic carbocycles. The molecule has 0 unspecified atom stereocenters. The first-order valence-electron chi connectivity index (χ1n) is 9.60. The predicted octanol–water partition coefficient (Wildman–Crippen LogP) is 3.88. The van der Waals surface area contributed by atoms with Crippen LogP contribution in [0.3, 0.4) is 0 Å². The third-order valence-electron chi connectivity index (χ3n) is 4.91. The summed E-state index contributed by atoms with van der Waals surface area (Å²) in [7, 11) is -3.60. The van der Waals surface area contributed by atoms with Gasteiger partial charge in [-0.25, -0.2) is 8.42 Å². The maximum atomic E-state index is 12.8. The summed E-state index contributed by atoms with van der Waals surface area (Å²) < 4.78 is 27.2. The van der Waals surface area contributed by atoms with E-state index in [1.807, 2.05) is 30.3 Å². The summed E-state index contributed by atoms with van der Waals surface area (Å²) in [5.74, 6) is -0.353. The van der Waals surface area contributed by atoms with Crippen LogP contribution in [0.1, 0.15) is 41.6 Å². The number of carbonyl (C=O) groups is 1. The summed E-state index contributed by atoms with van der Waals surface area (Å²) in [4.78, 5) is 12.6. The normalized spacial score (nSPS) is 15.3. The van der Waals surface area contributed by atoms with Crippen LogP contribution in [0, 0.1) is 0 Å². The van der Waals surface area contributed by atoms with E-state index < -0.39 is 10.0 Å². The molecular weight excluding hydrogens is 396 g/mol. The largest absolute Gasteiger partial charge is 0.352 e. The molecule has 1 aliphatic heterocycles. The van der Waals surface area contributed by atoms with Crippen LogP contribution in [0.25, 0.3) is 0 Å². The zero-order chi connectivity index (χ0) is 20.0. The van der Waals surface area contributed by atoms with Crippen molar-refractivity contribution in [2.24, 2.45) is 0 Å². The summed E-state index contributed by atoms with van der Waals surface area (Å²) in [6, 6.07) is 14.4. The number of sulfonamides is 1. The van der Waals surface area contributed by atoms with Crippen LogP contribution in [0.4, 0.5) is 0 Å². The van der Waals surface area contributed by atoms with Gasteiger partial charge in [-0.05, 0) is 49.4 Å². The standard InChI is InChI=1S/C21H25ClN2O3S/c22-20-12-11-18(28(26,27)24-14-5-2-6-15-24)16-19(20)21(25)23-13-7-10-17-8-3-1-4-9-17/h1,3-4,8-9,11-12,16H,2,5-7,10,13-15H2,(H,23,25). The summed E-state index contributed by atoms with van der Waals surface area (Å²) in [5, 5.41) is 3.08. The van der Waals surface area contributed by atoms with Gasteiger partial charge in [0.2, 0.25) is 10.0 Å². The second-order valence-corrected chi connectivity index (χ2v) is 9.30. The van der Waals surface area contributed by atoms with Crippen LogP contribution in [0.2, 0.25) is 5.02 Å². The van der Waals surface area contributed by atoms with Gasteiger partial charge in [-0.1, -0.05) is 48.4 Å². The van der Waals surface area contributed by atoms with Crippen molar-refractivity contribution in [2.45, 2.75) is 37.0 Å². The SMILES string of the molecule is O=C(NCCCc1ccccc1)c1cc(S(=O)(=O)N2CCCCC2)ccc1Cl. The lowest BCUT2D eigenvalue weighted by molar-refractivity contribution is 0.0953. The molecular formula is C21H25ClN2O3S. The van der Waals surface area contributed by atoms with E-state index in [-0.39, 0.29) is 21.4 Å². The van der Waals surface area contributed by atoms with E-state index >= 15 is 0 Å². The van der Waals surface area contributed by atoms with Gasteiger partial charge in [-0.2, -0.15) is 4.31 Å². The van der Waals surface area contributed by atoms with Crippen molar-refractivity contribution in [2.75, 3.05) is 19.6 Å². The molecule has 0 atom stereocenters. The van der Waals surface area contributed by atoms with Gasteiger partial charge in [0.15, 0.2) is 0 Å². The fraction of sp³-hybridized carbons (Fsp3) is 0.381. The zero-order valence-corrected chi connectivity index (χ0v) is 17.3. The maximum absolute atomic E-state index is 12.8. The van der Waals surface area contributed by atoms with Crippen molar-refractivity contribution >= 4 is 27.5 Å². The second kappa shape index (κ2) is 9.54. The van der Waals surface area contributed by atoms with E-state index in [2.05, 4.69) is 5.32 Å². The van der Waals surface area contributed by atoms with E-state index in [1.165, 1.54) is 28.1 Å². The first-order valence-corrected chi connectivity index (χ1v) is 11.4. The van der Waals surface area contributed by atoms with Crippen LogP contribution in [-0.4, -0.2) is 38.3 Å². The average Bonchev–Trinajstić information content (AvgIpc) is 2.72. The molecule has 0 saturated carbocycles. The van der Waals surface area contributed by atoms with Crippen molar-refractivity contribution in [1.29, 1.82) is 0 Å². The molecule has 0 spiro atoms. The van der Waals surface area contributed by atoms with Crippen LogP contribution >= 0.6 is 11.6 Å². The minimum absolute atomic E-state index is 0.119. The van der Waals surface area contributed by atoms with Crippen molar-refractivity contribution in [3.8, 4) is 0 Å². The van der Waals surface area contributed by atoms with Crippen LogP contribution in [0.15, 0.2) is 53.4 Å². The first-order chi connectivity index (χ1) is 13.5. The fourth-order valence-corrected chi connectivity index (χ4v) is 5.07. The Kier molecular flexibility index (Phi) is 7.10. The number of amides is 1. The van der Waals surface area contributed by atoms with E-state index in [9.17, 15) is 13.2 Å². The molecule has 1 fully saturated rings. The lowest BCUT2D eigenvalue weighted by atomic mass is 10.1. The number of piperidine rings is 1. The molecule has 0 bridgehead atoms. The Morgan fingerprint density at radius 1 is 1.04 bits per heavy atom. The molecule has 2 aromatic rings. The van der Waals surface area contributed by atoms with Gasteiger partial charge in [-0.15, -0.1) is 0 Å². The Morgan fingerprint density at radius 2 is 1.75 bits per heavy atom. The third kappa shape index (κ3) is 5.13. The number of rotatable bonds is 7. The lowest BCUT2D eigenvalue weighted by Gasteiger charge is -2.26. The molecule has 1 aliphatic rings. The Bertz CT molecular complexity index is 911. The first kappa shape index (κ1) is 20.8. The molecule has 1 amide bonds. The topological polar surface area (TPSA) is 66.5 Å². The fourth-order valence-electron chi connectivity index (χ4n) is 3.33. The van der Waals surface area contributed by atoms with Crippen molar-refractivity contribution < 1.29 is 13.2 Å². The molecule has 5 nitrogen and oxygen atoms in total. The van der Waals surface area contributed by atoms with Gasteiger partial charge in [0.25, 0.3) is 5.91 Å². The number of halogens is 1. The highest BCUT2D eigenvalue weighted by molar-refractivity contribution is 7.89. The molecule has 0 radical (unpaired) electrons. The Labute approximate surface area is 171 Å². The smallest absolute Gasteiger partial charge is 0.252 e. The van der Waals surface area contributed by atoms with E-state index in [0.717, 1.165) is 32.1 Å². The minimum Gasteiger partial charge on any atom is -0.352 e. The van der Waals surface area contributed by atoms with E-state index in [1.54, 1.807) is 0 Å². The Morgan fingerprint density at radius 3 is 2.46 bits per heavy atom. The highest BCUT2D eigenvalue weighted by atomic mass is 35.5. The van der Waals surface area contributed by atoms with Gasteiger partial charge in [0, 0.05) is 19.6 Å². The van der Waals surface area contributed by atoms with Crippen molar-refractivity contribution in [1.82, 2.24) is 9.62 Å². The molecule has 1 N–H and O–H groups in total. The predicted molar refractivity (Wildman–Crippen MR) is 111 cm³/mol. The minimum atomic E-state index is -3.60. The zero-order valence-electron chi connectivity index (χ0n) is 15.7. The van der Waals surface area contributed by atoms with Gasteiger partial charge in [0.1, 0.15) is 0 Å². The highest BCUT2D eigenvalue weighted by Gasteiger charge is 2.27. The Hall–Kier alpha value is -1.89. The molecule has 0 aromatic heterocycles. The summed E-state index contributed by atoms with van der Waals surface area (Å²) >= 11 is 6.17. The number of nitrogens with zero attached hydrogens (tertiary/aromatic N) is 1. The molecule has 3 rings (SSSR count). The van der Waals surface area contributed by atoms with Crippen LogP contribution < -0.4 is 5.32 Å². The summed E-state index contributed by atoms with van der Waals surface area (Å²) in [6.45, 7) is 1.53. The number of carbonyl (C=O) groups excluding carboxylic acids is 1. The third-order valence-corrected chi connectivity index (χ3v) is 7.13. The molecule has 150 valence electrons. The second-order valence-electron chi connectivity index (χ2n) is 6.95.